The Morgan fingerprint density at radius 1 is 1.04 bits per heavy atom. The van der Waals surface area contributed by atoms with E-state index in [9.17, 15) is 10.1 Å². The van der Waals surface area contributed by atoms with Gasteiger partial charge in [0.1, 0.15) is 5.03 Å². The number of benzene rings is 1. The van der Waals surface area contributed by atoms with Crippen molar-refractivity contribution in [3.05, 3.63) is 76.6 Å². The third-order valence-corrected chi connectivity index (χ3v) is 4.12. The number of rotatable bonds is 5. The van der Waals surface area contributed by atoms with E-state index in [0.29, 0.717) is 5.75 Å². The topological polar surface area (TPSA) is 81.8 Å². The standard InChI is InChI=1S/C16H12N4O2S/c21-20(22)14-5-3-12(4-6-14)11-23-16-8-7-15(18-19-16)13-2-1-9-17-10-13/h1-10H,11H2. The monoisotopic (exact) mass is 324 g/mol. The average molecular weight is 324 g/mol. The van der Waals surface area contributed by atoms with Crippen molar-refractivity contribution in [3.63, 3.8) is 0 Å². The van der Waals surface area contributed by atoms with E-state index in [-0.39, 0.29) is 5.69 Å². The molecule has 0 aliphatic carbocycles. The zero-order valence-corrected chi connectivity index (χ0v) is 12.8. The van der Waals surface area contributed by atoms with Crippen LogP contribution in [-0.4, -0.2) is 20.1 Å². The van der Waals surface area contributed by atoms with Crippen LogP contribution in [0.5, 0.6) is 0 Å². The summed E-state index contributed by atoms with van der Waals surface area (Å²) in [7, 11) is 0. The maximum Gasteiger partial charge on any atom is 0.269 e. The Morgan fingerprint density at radius 3 is 2.48 bits per heavy atom. The van der Waals surface area contributed by atoms with Crippen LogP contribution in [0.3, 0.4) is 0 Å². The van der Waals surface area contributed by atoms with Crippen LogP contribution in [0.1, 0.15) is 5.56 Å². The van der Waals surface area contributed by atoms with Crippen LogP contribution in [0.4, 0.5) is 5.69 Å². The molecule has 3 rings (SSSR count). The largest absolute Gasteiger partial charge is 0.269 e. The number of non-ortho nitro benzene ring substituents is 1. The summed E-state index contributed by atoms with van der Waals surface area (Å²) in [6.07, 6.45) is 3.46. The Labute approximate surface area is 136 Å². The number of hydrogen-bond acceptors (Lipinski definition) is 6. The molecule has 0 bridgehead atoms. The molecule has 1 aromatic carbocycles. The smallest absolute Gasteiger partial charge is 0.264 e. The highest BCUT2D eigenvalue weighted by Crippen LogP contribution is 2.23. The lowest BCUT2D eigenvalue weighted by molar-refractivity contribution is -0.384. The second-order valence-corrected chi connectivity index (χ2v) is 5.71. The van der Waals surface area contributed by atoms with E-state index in [4.69, 9.17) is 0 Å². The molecule has 0 radical (unpaired) electrons. The second kappa shape index (κ2) is 6.97. The number of aromatic nitrogens is 3. The number of nitrogens with zero attached hydrogens (tertiary/aromatic N) is 4. The molecular formula is C16H12N4O2S. The highest BCUT2D eigenvalue weighted by Gasteiger charge is 2.05. The third kappa shape index (κ3) is 3.89. The molecule has 0 fully saturated rings. The van der Waals surface area contributed by atoms with Gasteiger partial charge in [-0.2, -0.15) is 0 Å². The van der Waals surface area contributed by atoms with Crippen LogP contribution >= 0.6 is 11.8 Å². The van der Waals surface area contributed by atoms with Crippen molar-refractivity contribution in [3.8, 4) is 11.3 Å². The number of nitro benzene ring substituents is 1. The number of nitro groups is 1. The lowest BCUT2D eigenvalue weighted by Gasteiger charge is -2.02. The number of thioether (sulfide) groups is 1. The Morgan fingerprint density at radius 2 is 1.87 bits per heavy atom. The molecule has 2 aromatic heterocycles. The first-order chi connectivity index (χ1) is 11.2. The molecule has 0 aliphatic rings. The van der Waals surface area contributed by atoms with Crippen LogP contribution < -0.4 is 0 Å². The van der Waals surface area contributed by atoms with Gasteiger partial charge in [-0.05, 0) is 29.8 Å². The van der Waals surface area contributed by atoms with E-state index >= 15 is 0 Å². The minimum atomic E-state index is -0.403. The Hall–Kier alpha value is -2.80. The summed E-state index contributed by atoms with van der Waals surface area (Å²) in [5, 5.41) is 19.8. The van der Waals surface area contributed by atoms with Crippen molar-refractivity contribution in [2.45, 2.75) is 10.8 Å². The molecule has 6 nitrogen and oxygen atoms in total. The van der Waals surface area contributed by atoms with Gasteiger partial charge in [0.25, 0.3) is 5.69 Å². The molecule has 0 unspecified atom stereocenters. The Kier molecular flexibility index (Phi) is 4.58. The van der Waals surface area contributed by atoms with Crippen LogP contribution in [0.2, 0.25) is 0 Å². The molecule has 3 aromatic rings. The first-order valence-electron chi connectivity index (χ1n) is 6.82. The highest BCUT2D eigenvalue weighted by atomic mass is 32.2. The molecule has 0 saturated heterocycles. The van der Waals surface area contributed by atoms with Crippen LogP contribution in [0, 0.1) is 10.1 Å². The van der Waals surface area contributed by atoms with Crippen molar-refractivity contribution in [1.82, 2.24) is 15.2 Å². The third-order valence-electron chi connectivity index (χ3n) is 3.13. The van der Waals surface area contributed by atoms with Crippen LogP contribution in [-0.2, 0) is 5.75 Å². The molecular weight excluding hydrogens is 312 g/mol. The second-order valence-electron chi connectivity index (χ2n) is 4.71. The maximum absolute atomic E-state index is 10.6. The summed E-state index contributed by atoms with van der Waals surface area (Å²) in [5.74, 6) is 0.679. The van der Waals surface area contributed by atoms with Gasteiger partial charge in [-0.1, -0.05) is 23.9 Å². The van der Waals surface area contributed by atoms with E-state index in [1.165, 1.54) is 23.9 Å². The van der Waals surface area contributed by atoms with Crippen LogP contribution in [0.15, 0.2) is 66.0 Å². The first kappa shape index (κ1) is 15.1. The van der Waals surface area contributed by atoms with Crippen molar-refractivity contribution >= 4 is 17.4 Å². The lowest BCUT2D eigenvalue weighted by Crippen LogP contribution is -1.91. The highest BCUT2D eigenvalue weighted by molar-refractivity contribution is 7.98. The van der Waals surface area contributed by atoms with E-state index in [2.05, 4.69) is 15.2 Å². The Balaban J connectivity index is 1.63. The minimum absolute atomic E-state index is 0.0966. The normalized spacial score (nSPS) is 10.4. The van der Waals surface area contributed by atoms with Crippen molar-refractivity contribution in [1.29, 1.82) is 0 Å². The van der Waals surface area contributed by atoms with Gasteiger partial charge in [-0.3, -0.25) is 15.1 Å². The molecule has 0 aliphatic heterocycles. The van der Waals surface area contributed by atoms with E-state index < -0.39 is 4.92 Å². The van der Waals surface area contributed by atoms with Gasteiger partial charge in [0.05, 0.1) is 10.6 Å². The molecule has 0 spiro atoms. The van der Waals surface area contributed by atoms with Crippen LogP contribution in [0.25, 0.3) is 11.3 Å². The van der Waals surface area contributed by atoms with E-state index in [1.54, 1.807) is 24.5 Å². The molecule has 2 heterocycles. The van der Waals surface area contributed by atoms with Gasteiger partial charge in [0, 0.05) is 35.8 Å². The SMILES string of the molecule is O=[N+]([O-])c1ccc(CSc2ccc(-c3cccnc3)nn2)cc1. The molecule has 7 heteroatoms. The fourth-order valence-electron chi connectivity index (χ4n) is 1.94. The van der Waals surface area contributed by atoms with E-state index in [0.717, 1.165) is 21.8 Å². The van der Waals surface area contributed by atoms with Gasteiger partial charge in [0.2, 0.25) is 0 Å². The molecule has 0 saturated carbocycles. The van der Waals surface area contributed by atoms with Gasteiger partial charge in [-0.25, -0.2) is 0 Å². The molecule has 114 valence electrons. The molecule has 0 amide bonds. The predicted molar refractivity (Wildman–Crippen MR) is 87.9 cm³/mol. The fraction of sp³-hybridized carbons (Fsp3) is 0.0625. The fourth-order valence-corrected chi connectivity index (χ4v) is 2.71. The predicted octanol–water partition coefficient (Wildman–Crippen LogP) is 3.74. The van der Waals surface area contributed by atoms with Gasteiger partial charge < -0.3 is 0 Å². The van der Waals surface area contributed by atoms with Gasteiger partial charge in [-0.15, -0.1) is 10.2 Å². The summed E-state index contributed by atoms with van der Waals surface area (Å²) < 4.78 is 0. The van der Waals surface area contributed by atoms with E-state index in [1.807, 2.05) is 24.3 Å². The zero-order valence-electron chi connectivity index (χ0n) is 12.0. The first-order valence-corrected chi connectivity index (χ1v) is 7.81. The lowest BCUT2D eigenvalue weighted by atomic mass is 10.2. The summed E-state index contributed by atoms with van der Waals surface area (Å²) in [4.78, 5) is 14.3. The summed E-state index contributed by atoms with van der Waals surface area (Å²) in [6, 6.07) is 14.1. The maximum atomic E-state index is 10.6. The molecule has 0 atom stereocenters. The zero-order chi connectivity index (χ0) is 16.1. The number of hydrogen-bond donors (Lipinski definition) is 0. The molecule has 0 N–H and O–H groups in total. The van der Waals surface area contributed by atoms with Crippen molar-refractivity contribution in [2.75, 3.05) is 0 Å². The van der Waals surface area contributed by atoms with Gasteiger partial charge >= 0.3 is 0 Å². The van der Waals surface area contributed by atoms with Crippen molar-refractivity contribution < 1.29 is 4.92 Å². The van der Waals surface area contributed by atoms with Crippen molar-refractivity contribution in [2.24, 2.45) is 0 Å². The quantitative estimate of drug-likeness (QED) is 0.404. The summed E-state index contributed by atoms with van der Waals surface area (Å²) in [5.41, 5.74) is 2.79. The molecule has 23 heavy (non-hydrogen) atoms. The minimum Gasteiger partial charge on any atom is -0.264 e. The number of pyridine rings is 1. The average Bonchev–Trinajstić information content (AvgIpc) is 2.61. The Bertz CT molecular complexity index is 793. The summed E-state index contributed by atoms with van der Waals surface area (Å²) in [6.45, 7) is 0. The van der Waals surface area contributed by atoms with Gasteiger partial charge in [0.15, 0.2) is 0 Å². The summed E-state index contributed by atoms with van der Waals surface area (Å²) >= 11 is 1.53.